The van der Waals surface area contributed by atoms with E-state index in [4.69, 9.17) is 4.74 Å². The van der Waals surface area contributed by atoms with Crippen LogP contribution in [0.25, 0.3) is 0 Å². The van der Waals surface area contributed by atoms with Crippen LogP contribution in [0.15, 0.2) is 24.3 Å². The number of carbonyl (C=O) groups excluding carboxylic acids is 2. The Labute approximate surface area is 170 Å². The zero-order valence-corrected chi connectivity index (χ0v) is 16.2. The van der Waals surface area contributed by atoms with Crippen molar-refractivity contribution in [1.29, 1.82) is 5.26 Å². The average molecular weight is 420 g/mol. The zero-order chi connectivity index (χ0) is 20.8. The molecule has 0 atom stereocenters. The molecule has 2 aromatic rings. The summed E-state index contributed by atoms with van der Waals surface area (Å²) in [6, 6.07) is 7.28. The van der Waals surface area contributed by atoms with E-state index in [1.165, 1.54) is 29.5 Å². The van der Waals surface area contributed by atoms with Crippen LogP contribution < -0.4 is 10.1 Å². The summed E-state index contributed by atoms with van der Waals surface area (Å²) < 4.78 is 33.7. The molecular formula is C20H18F2N2O4S. The number of nitrogens with zero attached hydrogens (tertiary/aromatic N) is 1. The van der Waals surface area contributed by atoms with Crippen LogP contribution in [0, 0.1) is 11.3 Å². The molecule has 0 unspecified atom stereocenters. The van der Waals surface area contributed by atoms with Gasteiger partial charge in [0.15, 0.2) is 6.61 Å². The summed E-state index contributed by atoms with van der Waals surface area (Å²) in [5.41, 5.74) is 1.46. The van der Waals surface area contributed by atoms with Crippen molar-refractivity contribution < 1.29 is 27.8 Å². The number of aryl methyl sites for hydroxylation is 1. The molecule has 152 valence electrons. The first-order valence-electron chi connectivity index (χ1n) is 9.04. The van der Waals surface area contributed by atoms with E-state index in [1.807, 2.05) is 0 Å². The molecule has 0 aliphatic heterocycles. The highest BCUT2D eigenvalue weighted by molar-refractivity contribution is 7.16. The molecule has 1 heterocycles. The Morgan fingerprint density at radius 2 is 2.03 bits per heavy atom. The predicted molar refractivity (Wildman–Crippen MR) is 102 cm³/mol. The Balaban J connectivity index is 1.61. The lowest BCUT2D eigenvalue weighted by Crippen LogP contribution is -2.21. The van der Waals surface area contributed by atoms with E-state index in [-0.39, 0.29) is 11.3 Å². The molecule has 0 radical (unpaired) electrons. The van der Waals surface area contributed by atoms with E-state index >= 15 is 0 Å². The molecule has 0 bridgehead atoms. The molecule has 6 nitrogen and oxygen atoms in total. The van der Waals surface area contributed by atoms with Crippen LogP contribution in [-0.4, -0.2) is 25.1 Å². The number of nitrogens with one attached hydrogen (secondary N) is 1. The predicted octanol–water partition coefficient (Wildman–Crippen LogP) is 4.29. The topological polar surface area (TPSA) is 88.4 Å². The van der Waals surface area contributed by atoms with Crippen molar-refractivity contribution in [2.75, 3.05) is 11.9 Å². The first kappa shape index (κ1) is 20.7. The van der Waals surface area contributed by atoms with Crippen molar-refractivity contribution in [1.82, 2.24) is 0 Å². The van der Waals surface area contributed by atoms with Crippen molar-refractivity contribution in [3.8, 4) is 11.8 Å². The molecule has 0 spiro atoms. The van der Waals surface area contributed by atoms with Crippen molar-refractivity contribution in [2.24, 2.45) is 0 Å². The molecular weight excluding hydrogens is 402 g/mol. The van der Waals surface area contributed by atoms with Gasteiger partial charge in [0.1, 0.15) is 16.8 Å². The Morgan fingerprint density at radius 3 is 2.79 bits per heavy atom. The van der Waals surface area contributed by atoms with Crippen molar-refractivity contribution in [2.45, 2.75) is 38.7 Å². The van der Waals surface area contributed by atoms with E-state index in [9.17, 15) is 23.6 Å². The van der Waals surface area contributed by atoms with Crippen LogP contribution in [-0.2, 0) is 22.4 Å². The fraction of sp³-hybridized carbons (Fsp3) is 0.350. The quantitative estimate of drug-likeness (QED) is 0.556. The number of fused-ring (bicyclic) bond motifs is 1. The van der Waals surface area contributed by atoms with Gasteiger partial charge in [-0.3, -0.25) is 4.79 Å². The molecule has 29 heavy (non-hydrogen) atoms. The number of alkyl halides is 2. The number of rotatable bonds is 6. The fourth-order valence-electron chi connectivity index (χ4n) is 3.13. The van der Waals surface area contributed by atoms with Gasteiger partial charge in [0.25, 0.3) is 5.91 Å². The maximum absolute atomic E-state index is 12.3. The highest BCUT2D eigenvalue weighted by Gasteiger charge is 2.21. The maximum atomic E-state index is 12.3. The van der Waals surface area contributed by atoms with Gasteiger partial charge in [-0.05, 0) is 49.4 Å². The number of anilines is 1. The number of carbonyl (C=O) groups is 2. The fourth-order valence-corrected chi connectivity index (χ4v) is 4.38. The number of nitriles is 1. The standard InChI is InChI=1S/C20H18F2N2O4S/c21-20(22)28-13-6-4-5-12(9-13)19(26)27-11-17(25)24-18-15(10-23)14-7-2-1-3-8-16(14)29-18/h4-6,9,20H,1-3,7-8,11H2,(H,24,25). The third kappa shape index (κ3) is 5.29. The largest absolute Gasteiger partial charge is 0.452 e. The molecule has 0 fully saturated rings. The molecule has 9 heteroatoms. The highest BCUT2D eigenvalue weighted by Crippen LogP contribution is 2.36. The van der Waals surface area contributed by atoms with E-state index in [0.717, 1.165) is 48.6 Å². The molecule has 1 aliphatic carbocycles. The minimum Gasteiger partial charge on any atom is -0.452 e. The second-order valence-electron chi connectivity index (χ2n) is 6.41. The van der Waals surface area contributed by atoms with Gasteiger partial charge in [-0.15, -0.1) is 11.3 Å². The van der Waals surface area contributed by atoms with Crippen LogP contribution in [0.4, 0.5) is 13.8 Å². The summed E-state index contributed by atoms with van der Waals surface area (Å²) in [6.45, 7) is -3.58. The Kier molecular flexibility index (Phi) is 6.77. The molecule has 1 aliphatic rings. The zero-order valence-electron chi connectivity index (χ0n) is 15.4. The summed E-state index contributed by atoms with van der Waals surface area (Å²) in [5.74, 6) is -1.61. The summed E-state index contributed by atoms with van der Waals surface area (Å²) in [5, 5.41) is 12.6. The minimum absolute atomic E-state index is 0.0171. The van der Waals surface area contributed by atoms with Gasteiger partial charge < -0.3 is 14.8 Å². The Morgan fingerprint density at radius 1 is 1.24 bits per heavy atom. The summed E-state index contributed by atoms with van der Waals surface area (Å²) >= 11 is 1.38. The molecule has 0 saturated heterocycles. The smallest absolute Gasteiger partial charge is 0.387 e. The van der Waals surface area contributed by atoms with Crippen molar-refractivity contribution >= 4 is 28.2 Å². The third-order valence-electron chi connectivity index (χ3n) is 4.42. The number of ether oxygens (including phenoxy) is 2. The molecule has 1 amide bonds. The average Bonchev–Trinajstić information content (AvgIpc) is 2.84. The van der Waals surface area contributed by atoms with Gasteiger partial charge in [0.2, 0.25) is 0 Å². The number of halogens is 2. The van der Waals surface area contributed by atoms with Gasteiger partial charge in [-0.2, -0.15) is 14.0 Å². The van der Waals surface area contributed by atoms with Crippen LogP contribution in [0.2, 0.25) is 0 Å². The van der Waals surface area contributed by atoms with Crippen LogP contribution in [0.5, 0.6) is 5.75 Å². The Bertz CT molecular complexity index is 952. The normalized spacial score (nSPS) is 13.2. The molecule has 1 aromatic heterocycles. The highest BCUT2D eigenvalue weighted by atomic mass is 32.1. The number of thiophene rings is 1. The molecule has 1 N–H and O–H groups in total. The summed E-state index contributed by atoms with van der Waals surface area (Å²) in [7, 11) is 0. The van der Waals surface area contributed by atoms with Crippen LogP contribution in [0.3, 0.4) is 0 Å². The summed E-state index contributed by atoms with van der Waals surface area (Å²) in [6.07, 6.45) is 4.89. The lowest BCUT2D eigenvalue weighted by molar-refractivity contribution is -0.119. The van der Waals surface area contributed by atoms with E-state index in [2.05, 4.69) is 16.1 Å². The number of benzene rings is 1. The number of esters is 1. The first-order chi connectivity index (χ1) is 14.0. The third-order valence-corrected chi connectivity index (χ3v) is 5.62. The van der Waals surface area contributed by atoms with Gasteiger partial charge in [-0.25, -0.2) is 4.79 Å². The second-order valence-corrected chi connectivity index (χ2v) is 7.52. The SMILES string of the molecule is N#Cc1c(NC(=O)COC(=O)c2cccc(OC(F)F)c2)sc2c1CCCCC2. The number of hydrogen-bond acceptors (Lipinski definition) is 6. The van der Waals surface area contributed by atoms with E-state index in [1.54, 1.807) is 0 Å². The van der Waals surface area contributed by atoms with E-state index in [0.29, 0.717) is 10.6 Å². The second kappa shape index (κ2) is 9.47. The van der Waals surface area contributed by atoms with Gasteiger partial charge in [-0.1, -0.05) is 12.5 Å². The summed E-state index contributed by atoms with van der Waals surface area (Å²) in [4.78, 5) is 25.4. The lowest BCUT2D eigenvalue weighted by Gasteiger charge is -2.08. The van der Waals surface area contributed by atoms with Gasteiger partial charge in [0.05, 0.1) is 11.1 Å². The first-order valence-corrected chi connectivity index (χ1v) is 9.86. The van der Waals surface area contributed by atoms with Gasteiger partial charge in [0, 0.05) is 4.88 Å². The van der Waals surface area contributed by atoms with Crippen LogP contribution in [0.1, 0.15) is 45.6 Å². The molecule has 3 rings (SSSR count). The van der Waals surface area contributed by atoms with E-state index < -0.39 is 25.1 Å². The maximum Gasteiger partial charge on any atom is 0.387 e. The monoisotopic (exact) mass is 420 g/mol. The molecule has 1 aromatic carbocycles. The van der Waals surface area contributed by atoms with Crippen LogP contribution >= 0.6 is 11.3 Å². The number of hydrogen-bond donors (Lipinski definition) is 1. The van der Waals surface area contributed by atoms with Gasteiger partial charge >= 0.3 is 12.6 Å². The Hall–Kier alpha value is -2.99. The van der Waals surface area contributed by atoms with Crippen molar-refractivity contribution in [3.05, 3.63) is 45.8 Å². The minimum atomic E-state index is -3.01. The molecule has 0 saturated carbocycles. The number of amides is 1. The van der Waals surface area contributed by atoms with Crippen molar-refractivity contribution in [3.63, 3.8) is 0 Å². The lowest BCUT2D eigenvalue weighted by atomic mass is 10.1.